The predicted octanol–water partition coefficient (Wildman–Crippen LogP) is 6.38. The molecular formula is C23H24ClF2NO. The van der Waals surface area contributed by atoms with Crippen LogP contribution in [0.1, 0.15) is 23.6 Å². The van der Waals surface area contributed by atoms with Gasteiger partial charge in [0.15, 0.2) is 0 Å². The van der Waals surface area contributed by atoms with Crippen molar-refractivity contribution in [3.63, 3.8) is 0 Å². The zero-order valence-corrected chi connectivity index (χ0v) is 16.8. The van der Waals surface area contributed by atoms with E-state index in [2.05, 4.69) is 24.0 Å². The van der Waals surface area contributed by atoms with E-state index < -0.39 is 6.61 Å². The van der Waals surface area contributed by atoms with Crippen molar-refractivity contribution >= 4 is 17.2 Å². The average Bonchev–Trinajstić information content (AvgIpc) is 2.66. The van der Waals surface area contributed by atoms with E-state index in [-0.39, 0.29) is 5.76 Å². The van der Waals surface area contributed by atoms with Crippen molar-refractivity contribution in [3.8, 4) is 0 Å². The molecule has 0 saturated carbocycles. The molecule has 0 unspecified atom stereocenters. The Labute approximate surface area is 170 Å². The van der Waals surface area contributed by atoms with E-state index in [0.717, 1.165) is 23.2 Å². The molecule has 2 aromatic carbocycles. The van der Waals surface area contributed by atoms with E-state index in [1.807, 2.05) is 19.2 Å². The van der Waals surface area contributed by atoms with Gasteiger partial charge >= 0.3 is 6.61 Å². The van der Waals surface area contributed by atoms with E-state index in [0.29, 0.717) is 17.0 Å². The molecule has 0 fully saturated rings. The number of halogens is 3. The summed E-state index contributed by atoms with van der Waals surface area (Å²) in [6.07, 6.45) is 3.85. The third kappa shape index (κ3) is 6.95. The summed E-state index contributed by atoms with van der Waals surface area (Å²) in [7, 11) is 1.90. The van der Waals surface area contributed by atoms with Crippen molar-refractivity contribution in [2.75, 3.05) is 7.05 Å². The minimum absolute atomic E-state index is 0.0859. The van der Waals surface area contributed by atoms with Crippen LogP contribution in [0.3, 0.4) is 0 Å². The summed E-state index contributed by atoms with van der Waals surface area (Å²) >= 11 is 6.00. The highest BCUT2D eigenvalue weighted by Gasteiger charge is 2.10. The lowest BCUT2D eigenvalue weighted by Crippen LogP contribution is -2.04. The van der Waals surface area contributed by atoms with E-state index in [4.69, 9.17) is 16.3 Å². The van der Waals surface area contributed by atoms with Crippen LogP contribution in [0.25, 0.3) is 5.57 Å². The van der Waals surface area contributed by atoms with Gasteiger partial charge in [-0.25, -0.2) is 0 Å². The Bertz CT molecular complexity index is 857. The zero-order chi connectivity index (χ0) is 20.5. The third-order valence-electron chi connectivity index (χ3n) is 4.15. The molecule has 0 aliphatic heterocycles. The van der Waals surface area contributed by atoms with Gasteiger partial charge in [0, 0.05) is 11.6 Å². The second-order valence-corrected chi connectivity index (χ2v) is 6.83. The molecule has 0 heterocycles. The molecule has 5 heteroatoms. The molecule has 0 bridgehead atoms. The quantitative estimate of drug-likeness (QED) is 0.387. The number of benzene rings is 2. The molecule has 0 aromatic heterocycles. The lowest BCUT2D eigenvalue weighted by Gasteiger charge is -2.11. The van der Waals surface area contributed by atoms with Gasteiger partial charge in [-0.05, 0) is 60.9 Å². The second kappa shape index (κ2) is 10.8. The monoisotopic (exact) mass is 403 g/mol. The molecule has 0 amide bonds. The summed E-state index contributed by atoms with van der Waals surface area (Å²) in [4.78, 5) is 0. The van der Waals surface area contributed by atoms with Crippen molar-refractivity contribution < 1.29 is 13.5 Å². The van der Waals surface area contributed by atoms with E-state index in [9.17, 15) is 8.78 Å². The van der Waals surface area contributed by atoms with Crippen LogP contribution in [0.2, 0.25) is 5.02 Å². The standard InChI is InChI=1S/C23H24ClF2NO/c1-16(13-18-8-10-19(11-9-18)15-27-3)7-12-22(28-23(25)26)17(2)20-5-4-6-21(24)14-20/h4-12,14,23,27H,1,13,15H2,2-3H3/b12-7-,22-17-. The van der Waals surface area contributed by atoms with Crippen molar-refractivity contribution in [1.82, 2.24) is 5.32 Å². The maximum Gasteiger partial charge on any atom is 0.387 e. The fraction of sp³-hybridized carbons (Fsp3) is 0.217. The van der Waals surface area contributed by atoms with Crippen LogP contribution in [0.5, 0.6) is 0 Å². The van der Waals surface area contributed by atoms with Crippen LogP contribution in [0.15, 0.2) is 78.6 Å². The van der Waals surface area contributed by atoms with Gasteiger partial charge in [0.25, 0.3) is 0 Å². The molecule has 2 rings (SSSR count). The van der Waals surface area contributed by atoms with Crippen molar-refractivity contribution in [2.24, 2.45) is 0 Å². The number of allylic oxidation sites excluding steroid dienone is 4. The smallest absolute Gasteiger partial charge is 0.387 e. The van der Waals surface area contributed by atoms with Crippen molar-refractivity contribution in [2.45, 2.75) is 26.5 Å². The highest BCUT2D eigenvalue weighted by molar-refractivity contribution is 6.30. The van der Waals surface area contributed by atoms with Gasteiger partial charge in [-0.3, -0.25) is 0 Å². The number of hydrogen-bond acceptors (Lipinski definition) is 2. The predicted molar refractivity (Wildman–Crippen MR) is 112 cm³/mol. The van der Waals surface area contributed by atoms with Gasteiger partial charge in [-0.2, -0.15) is 8.78 Å². The Morgan fingerprint density at radius 3 is 2.43 bits per heavy atom. The lowest BCUT2D eigenvalue weighted by atomic mass is 10.0. The number of rotatable bonds is 9. The van der Waals surface area contributed by atoms with Crippen molar-refractivity contribution in [3.05, 3.63) is 100 Å². The van der Waals surface area contributed by atoms with Gasteiger partial charge in [-0.15, -0.1) is 0 Å². The highest BCUT2D eigenvalue weighted by Crippen LogP contribution is 2.25. The summed E-state index contributed by atoms with van der Waals surface area (Å²) in [5.74, 6) is 0.0859. The van der Waals surface area contributed by atoms with E-state index in [1.165, 1.54) is 11.6 Å². The molecule has 0 aliphatic rings. The number of alkyl halides is 2. The number of hydrogen-bond donors (Lipinski definition) is 1. The largest absolute Gasteiger partial charge is 0.435 e. The Hall–Kier alpha value is -2.43. The summed E-state index contributed by atoms with van der Waals surface area (Å²) < 4.78 is 30.5. The molecule has 2 aromatic rings. The second-order valence-electron chi connectivity index (χ2n) is 6.39. The van der Waals surface area contributed by atoms with Crippen LogP contribution in [-0.2, 0) is 17.7 Å². The fourth-order valence-electron chi connectivity index (χ4n) is 2.71. The van der Waals surface area contributed by atoms with E-state index >= 15 is 0 Å². The Morgan fingerprint density at radius 2 is 1.82 bits per heavy atom. The topological polar surface area (TPSA) is 21.3 Å². The molecule has 1 N–H and O–H groups in total. The lowest BCUT2D eigenvalue weighted by molar-refractivity contribution is -0.0914. The summed E-state index contributed by atoms with van der Waals surface area (Å²) in [5, 5.41) is 3.63. The highest BCUT2D eigenvalue weighted by atomic mass is 35.5. The van der Waals surface area contributed by atoms with Gasteiger partial charge in [-0.1, -0.05) is 66.2 Å². The van der Waals surface area contributed by atoms with Gasteiger partial charge in [0.2, 0.25) is 0 Å². The average molecular weight is 404 g/mol. The minimum atomic E-state index is -2.92. The first-order valence-electron chi connectivity index (χ1n) is 8.89. The Morgan fingerprint density at radius 1 is 1.14 bits per heavy atom. The zero-order valence-electron chi connectivity index (χ0n) is 16.0. The first-order valence-corrected chi connectivity index (χ1v) is 9.26. The maximum absolute atomic E-state index is 12.9. The molecule has 0 aliphatic carbocycles. The third-order valence-corrected chi connectivity index (χ3v) is 4.38. The molecule has 2 nitrogen and oxygen atoms in total. The van der Waals surface area contributed by atoms with Crippen LogP contribution in [0.4, 0.5) is 8.78 Å². The molecule has 0 atom stereocenters. The van der Waals surface area contributed by atoms with Crippen LogP contribution in [-0.4, -0.2) is 13.7 Å². The number of nitrogens with one attached hydrogen (secondary N) is 1. The summed E-state index contributed by atoms with van der Waals surface area (Å²) in [6, 6.07) is 15.2. The van der Waals surface area contributed by atoms with Gasteiger partial charge in [0.1, 0.15) is 5.76 Å². The van der Waals surface area contributed by atoms with Crippen LogP contribution < -0.4 is 5.32 Å². The molecule has 148 valence electrons. The van der Waals surface area contributed by atoms with Gasteiger partial charge < -0.3 is 10.1 Å². The first-order chi connectivity index (χ1) is 13.4. The summed E-state index contributed by atoms with van der Waals surface area (Å²) in [5.41, 5.74) is 4.37. The SMILES string of the molecule is C=C(/C=C\C(OC(F)F)=C(/C)c1cccc(Cl)c1)Cc1ccc(CNC)cc1. The van der Waals surface area contributed by atoms with E-state index in [1.54, 1.807) is 37.3 Å². The normalized spacial score (nSPS) is 12.4. The van der Waals surface area contributed by atoms with Gasteiger partial charge in [0.05, 0.1) is 0 Å². The Balaban J connectivity index is 2.15. The Kier molecular flexibility index (Phi) is 8.42. The van der Waals surface area contributed by atoms with Crippen LogP contribution >= 0.6 is 11.6 Å². The molecule has 0 spiro atoms. The molecule has 0 radical (unpaired) electrons. The first kappa shape index (κ1) is 21.9. The molecular weight excluding hydrogens is 380 g/mol. The fourth-order valence-corrected chi connectivity index (χ4v) is 2.90. The maximum atomic E-state index is 12.9. The number of ether oxygens (including phenoxy) is 1. The van der Waals surface area contributed by atoms with Crippen LogP contribution in [0, 0.1) is 0 Å². The molecule has 0 saturated heterocycles. The minimum Gasteiger partial charge on any atom is -0.435 e. The summed E-state index contributed by atoms with van der Waals surface area (Å²) in [6.45, 7) is 3.63. The molecule has 28 heavy (non-hydrogen) atoms. The van der Waals surface area contributed by atoms with Crippen molar-refractivity contribution in [1.29, 1.82) is 0 Å².